The van der Waals surface area contributed by atoms with E-state index in [1.807, 2.05) is 39.0 Å². The Kier molecular flexibility index (Phi) is 5.62. The van der Waals surface area contributed by atoms with Crippen LogP contribution in [0.1, 0.15) is 38.8 Å². The summed E-state index contributed by atoms with van der Waals surface area (Å²) in [6.07, 6.45) is 0. The molecule has 0 saturated heterocycles. The van der Waals surface area contributed by atoms with Gasteiger partial charge in [0.25, 0.3) is 0 Å². The number of hydrogen-bond acceptors (Lipinski definition) is 5. The van der Waals surface area contributed by atoms with Crippen molar-refractivity contribution >= 4 is 28.2 Å². The number of rotatable bonds is 5. The second-order valence-corrected chi connectivity index (χ2v) is 6.78. The summed E-state index contributed by atoms with van der Waals surface area (Å²) in [6, 6.07) is 5.71. The first-order valence-electron chi connectivity index (χ1n) is 7.51. The Morgan fingerprint density at radius 1 is 1.21 bits per heavy atom. The van der Waals surface area contributed by atoms with E-state index in [1.165, 1.54) is 18.3 Å². The summed E-state index contributed by atoms with van der Waals surface area (Å²) in [5.41, 5.74) is 3.10. The molecule has 0 radical (unpaired) electrons. The average molecular weight is 347 g/mol. The molecule has 1 N–H and O–H groups in total. The second-order valence-electron chi connectivity index (χ2n) is 5.56. The van der Waals surface area contributed by atoms with Gasteiger partial charge in [-0.1, -0.05) is 11.6 Å². The number of carbonyl (C=O) groups is 2. The van der Waals surface area contributed by atoms with Crippen molar-refractivity contribution in [2.45, 2.75) is 34.3 Å². The van der Waals surface area contributed by atoms with Gasteiger partial charge in [-0.2, -0.15) is 0 Å². The first-order valence-corrected chi connectivity index (χ1v) is 8.33. The summed E-state index contributed by atoms with van der Waals surface area (Å²) in [6.45, 7) is 7.24. The molecule has 0 saturated carbocycles. The van der Waals surface area contributed by atoms with E-state index in [-0.39, 0.29) is 12.5 Å². The van der Waals surface area contributed by atoms with E-state index in [2.05, 4.69) is 5.32 Å². The summed E-state index contributed by atoms with van der Waals surface area (Å²) in [4.78, 5) is 24.8. The molecule has 0 unspecified atom stereocenters. The molecule has 0 atom stereocenters. The van der Waals surface area contributed by atoms with Gasteiger partial charge in [0.05, 0.1) is 12.7 Å². The predicted molar refractivity (Wildman–Crippen MR) is 94.9 cm³/mol. The average Bonchev–Trinajstić information content (AvgIpc) is 2.78. The number of nitrogens with one attached hydrogen (secondary N) is 1. The van der Waals surface area contributed by atoms with Gasteiger partial charge in [-0.05, 0) is 38.5 Å². The fourth-order valence-electron chi connectivity index (χ4n) is 2.36. The van der Waals surface area contributed by atoms with Crippen molar-refractivity contribution < 1.29 is 19.1 Å². The molecule has 0 fully saturated rings. The van der Waals surface area contributed by atoms with Gasteiger partial charge >= 0.3 is 5.97 Å². The fourth-order valence-corrected chi connectivity index (χ4v) is 3.45. The Morgan fingerprint density at radius 2 is 1.92 bits per heavy atom. The van der Waals surface area contributed by atoms with Gasteiger partial charge in [0.15, 0.2) is 0 Å². The summed E-state index contributed by atoms with van der Waals surface area (Å²) in [5, 5.41) is 3.23. The molecule has 0 aliphatic rings. The number of benzene rings is 1. The lowest BCUT2D eigenvalue weighted by atomic mass is 10.1. The highest BCUT2D eigenvalue weighted by Crippen LogP contribution is 2.33. The van der Waals surface area contributed by atoms with Crippen LogP contribution in [-0.2, 0) is 16.1 Å². The maximum atomic E-state index is 12.5. The van der Waals surface area contributed by atoms with Crippen LogP contribution in [0.5, 0.6) is 5.75 Å². The number of aryl methyl sites for hydroxylation is 2. The Labute approximate surface area is 145 Å². The molecular weight excluding hydrogens is 326 g/mol. The van der Waals surface area contributed by atoms with Crippen LogP contribution in [0.4, 0.5) is 5.00 Å². The van der Waals surface area contributed by atoms with Crippen molar-refractivity contribution in [1.82, 2.24) is 0 Å². The van der Waals surface area contributed by atoms with Gasteiger partial charge in [0, 0.05) is 17.4 Å². The molecule has 6 heteroatoms. The number of anilines is 1. The number of ether oxygens (including phenoxy) is 2. The zero-order chi connectivity index (χ0) is 17.9. The van der Waals surface area contributed by atoms with Crippen LogP contribution in [0.2, 0.25) is 0 Å². The topological polar surface area (TPSA) is 64.6 Å². The number of amides is 1. The van der Waals surface area contributed by atoms with Crippen LogP contribution in [0.25, 0.3) is 0 Å². The van der Waals surface area contributed by atoms with Crippen LogP contribution in [-0.4, -0.2) is 19.0 Å². The lowest BCUT2D eigenvalue weighted by Gasteiger charge is -2.11. The van der Waals surface area contributed by atoms with Gasteiger partial charge in [0.1, 0.15) is 17.4 Å². The van der Waals surface area contributed by atoms with Gasteiger partial charge in [-0.3, -0.25) is 4.79 Å². The number of hydrogen-bond donors (Lipinski definition) is 1. The smallest absolute Gasteiger partial charge is 0.341 e. The van der Waals surface area contributed by atoms with Crippen molar-refractivity contribution in [1.29, 1.82) is 0 Å². The lowest BCUT2D eigenvalue weighted by Crippen LogP contribution is -2.12. The van der Waals surface area contributed by atoms with E-state index in [0.29, 0.717) is 16.3 Å². The monoisotopic (exact) mass is 347 g/mol. The molecule has 1 heterocycles. The third-order valence-corrected chi connectivity index (χ3v) is 4.80. The van der Waals surface area contributed by atoms with Crippen LogP contribution in [0.15, 0.2) is 18.2 Å². The molecular formula is C18H21NO4S. The van der Waals surface area contributed by atoms with E-state index >= 15 is 0 Å². The molecule has 2 aromatic rings. The maximum absolute atomic E-state index is 12.5. The highest BCUT2D eigenvalue weighted by atomic mass is 32.1. The maximum Gasteiger partial charge on any atom is 0.341 e. The highest BCUT2D eigenvalue weighted by molar-refractivity contribution is 7.16. The molecule has 1 aromatic heterocycles. The molecule has 1 aromatic carbocycles. The van der Waals surface area contributed by atoms with Crippen LogP contribution >= 0.6 is 11.3 Å². The van der Waals surface area contributed by atoms with Crippen LogP contribution in [0, 0.1) is 20.8 Å². The molecule has 24 heavy (non-hydrogen) atoms. The molecule has 0 bridgehead atoms. The summed E-state index contributed by atoms with van der Waals surface area (Å²) in [5.74, 6) is 0.00326. The molecule has 128 valence electrons. The molecule has 0 aliphatic heterocycles. The second kappa shape index (κ2) is 7.49. The lowest BCUT2D eigenvalue weighted by molar-refractivity contribution is -0.114. The molecule has 0 spiro atoms. The van der Waals surface area contributed by atoms with Gasteiger partial charge < -0.3 is 14.8 Å². The third-order valence-electron chi connectivity index (χ3n) is 3.67. The predicted octanol–water partition coefficient (Wildman–Crippen LogP) is 4.00. The third kappa shape index (κ3) is 3.94. The minimum absolute atomic E-state index is 0.109. The molecule has 0 aliphatic carbocycles. The van der Waals surface area contributed by atoms with Crippen molar-refractivity contribution in [3.8, 4) is 5.75 Å². The fraction of sp³-hybridized carbons (Fsp3) is 0.333. The number of carbonyl (C=O) groups excluding carboxylic acids is 2. The van der Waals surface area contributed by atoms with E-state index in [0.717, 1.165) is 21.6 Å². The SMILES string of the molecule is COc1ccc(C)cc1COC(=O)c1c(NC(C)=O)sc(C)c1C. The highest BCUT2D eigenvalue weighted by Gasteiger charge is 2.22. The molecule has 5 nitrogen and oxygen atoms in total. The molecule has 1 amide bonds. The quantitative estimate of drug-likeness (QED) is 0.831. The van der Waals surface area contributed by atoms with Crippen molar-refractivity contribution in [3.63, 3.8) is 0 Å². The minimum Gasteiger partial charge on any atom is -0.496 e. The van der Waals surface area contributed by atoms with E-state index in [1.54, 1.807) is 7.11 Å². The van der Waals surface area contributed by atoms with Gasteiger partial charge in [0.2, 0.25) is 5.91 Å². The summed E-state index contributed by atoms with van der Waals surface area (Å²) >= 11 is 1.37. The standard InChI is InChI=1S/C18H21NO4S/c1-10-6-7-15(22-5)14(8-10)9-23-18(21)16-11(2)12(3)24-17(16)19-13(4)20/h6-8H,9H2,1-5H3,(H,19,20). The Bertz CT molecular complexity index is 780. The van der Waals surface area contributed by atoms with Crippen molar-refractivity contribution in [2.75, 3.05) is 12.4 Å². The first-order chi connectivity index (χ1) is 11.3. The van der Waals surface area contributed by atoms with Crippen LogP contribution < -0.4 is 10.1 Å². The number of thiophene rings is 1. The van der Waals surface area contributed by atoms with E-state index in [4.69, 9.17) is 9.47 Å². The normalized spacial score (nSPS) is 10.4. The van der Waals surface area contributed by atoms with E-state index in [9.17, 15) is 9.59 Å². The summed E-state index contributed by atoms with van der Waals surface area (Å²) < 4.78 is 10.8. The molecule has 2 rings (SSSR count). The zero-order valence-corrected chi connectivity index (χ0v) is 15.3. The van der Waals surface area contributed by atoms with Crippen molar-refractivity contribution in [2.24, 2.45) is 0 Å². The first kappa shape index (κ1) is 18.0. The van der Waals surface area contributed by atoms with Gasteiger partial charge in [-0.25, -0.2) is 4.79 Å². The van der Waals surface area contributed by atoms with Gasteiger partial charge in [-0.15, -0.1) is 11.3 Å². The number of methoxy groups -OCH3 is 1. The largest absolute Gasteiger partial charge is 0.496 e. The minimum atomic E-state index is -0.454. The zero-order valence-electron chi connectivity index (χ0n) is 14.5. The Balaban J connectivity index is 2.22. The Morgan fingerprint density at radius 3 is 2.54 bits per heavy atom. The Hall–Kier alpha value is -2.34. The summed E-state index contributed by atoms with van der Waals surface area (Å²) in [7, 11) is 1.58. The van der Waals surface area contributed by atoms with Crippen LogP contribution in [0.3, 0.4) is 0 Å². The number of esters is 1. The van der Waals surface area contributed by atoms with Crippen molar-refractivity contribution in [3.05, 3.63) is 45.3 Å². The van der Waals surface area contributed by atoms with E-state index < -0.39 is 5.97 Å².